The van der Waals surface area contributed by atoms with E-state index in [0.717, 1.165) is 11.3 Å². The average Bonchev–Trinajstić information content (AvgIpc) is 2.74. The minimum atomic E-state index is -0.0886. The largest absolute Gasteiger partial charge is 0.493 e. The summed E-state index contributed by atoms with van der Waals surface area (Å²) in [7, 11) is 3.35. The normalized spacial score (nSPS) is 11.9. The van der Waals surface area contributed by atoms with Crippen molar-refractivity contribution >= 4 is 41.5 Å². The van der Waals surface area contributed by atoms with Crippen molar-refractivity contribution in [1.29, 1.82) is 0 Å². The van der Waals surface area contributed by atoms with Gasteiger partial charge in [0.15, 0.2) is 17.5 Å². The van der Waals surface area contributed by atoms with Gasteiger partial charge in [0.1, 0.15) is 6.10 Å². The summed E-state index contributed by atoms with van der Waals surface area (Å²) in [5, 5.41) is 9.50. The molecule has 176 valence electrons. The summed E-state index contributed by atoms with van der Waals surface area (Å²) in [6, 6.07) is 15.4. The number of ether oxygens (including phenoxy) is 2. The number of rotatable bonds is 10. The lowest BCUT2D eigenvalue weighted by atomic mass is 10.1. The fourth-order valence-electron chi connectivity index (χ4n) is 2.96. The van der Waals surface area contributed by atoms with Gasteiger partial charge >= 0.3 is 0 Å². The average molecular weight is 554 g/mol. The van der Waals surface area contributed by atoms with Crippen molar-refractivity contribution in [3.05, 3.63) is 54.1 Å². The van der Waals surface area contributed by atoms with Crippen molar-refractivity contribution in [3.63, 3.8) is 0 Å². The SMILES string of the molecule is CN=C(NCc1cccc(NC(=O)CC(C)C)c1)NCC(C)Oc1ccccc1OC.I. The molecule has 0 bridgehead atoms. The zero-order chi connectivity index (χ0) is 22.6. The maximum Gasteiger partial charge on any atom is 0.224 e. The summed E-state index contributed by atoms with van der Waals surface area (Å²) in [4.78, 5) is 16.3. The van der Waals surface area contributed by atoms with Crippen molar-refractivity contribution in [2.75, 3.05) is 26.0 Å². The van der Waals surface area contributed by atoms with Crippen molar-refractivity contribution in [2.45, 2.75) is 39.8 Å². The Morgan fingerprint density at radius 1 is 1.03 bits per heavy atom. The molecule has 3 N–H and O–H groups in total. The van der Waals surface area contributed by atoms with Gasteiger partial charge in [-0.1, -0.05) is 38.1 Å². The third-order valence-electron chi connectivity index (χ3n) is 4.44. The number of benzene rings is 2. The van der Waals surface area contributed by atoms with E-state index in [0.29, 0.717) is 42.9 Å². The zero-order valence-electron chi connectivity index (χ0n) is 19.5. The van der Waals surface area contributed by atoms with Crippen LogP contribution in [0.25, 0.3) is 0 Å². The van der Waals surface area contributed by atoms with Gasteiger partial charge in [-0.15, -0.1) is 24.0 Å². The first kappa shape index (κ1) is 27.5. The van der Waals surface area contributed by atoms with Crippen LogP contribution in [0.2, 0.25) is 0 Å². The van der Waals surface area contributed by atoms with Gasteiger partial charge in [-0.05, 0) is 42.7 Å². The van der Waals surface area contributed by atoms with Crippen LogP contribution in [0.15, 0.2) is 53.5 Å². The number of anilines is 1. The smallest absolute Gasteiger partial charge is 0.224 e. The number of amides is 1. The molecular weight excluding hydrogens is 519 g/mol. The minimum Gasteiger partial charge on any atom is -0.493 e. The Hall–Kier alpha value is -2.49. The summed E-state index contributed by atoms with van der Waals surface area (Å²) in [6.45, 7) is 7.19. The molecule has 2 aromatic carbocycles. The number of carbonyl (C=O) groups is 1. The highest BCUT2D eigenvalue weighted by atomic mass is 127. The first-order valence-corrected chi connectivity index (χ1v) is 10.5. The van der Waals surface area contributed by atoms with Gasteiger partial charge in [-0.2, -0.15) is 0 Å². The monoisotopic (exact) mass is 554 g/mol. The van der Waals surface area contributed by atoms with Crippen LogP contribution in [-0.2, 0) is 11.3 Å². The lowest BCUT2D eigenvalue weighted by Crippen LogP contribution is -2.41. The molecule has 1 unspecified atom stereocenters. The van der Waals surface area contributed by atoms with Gasteiger partial charge < -0.3 is 25.4 Å². The number of guanidine groups is 1. The molecule has 0 saturated heterocycles. The van der Waals surface area contributed by atoms with Crippen molar-refractivity contribution in [2.24, 2.45) is 10.9 Å². The highest BCUT2D eigenvalue weighted by molar-refractivity contribution is 14.0. The van der Waals surface area contributed by atoms with Gasteiger partial charge in [-0.3, -0.25) is 9.79 Å². The molecule has 1 amide bonds. The van der Waals surface area contributed by atoms with E-state index in [4.69, 9.17) is 9.47 Å². The van der Waals surface area contributed by atoms with Crippen molar-refractivity contribution in [3.8, 4) is 11.5 Å². The third kappa shape index (κ3) is 9.76. The van der Waals surface area contributed by atoms with Crippen molar-refractivity contribution in [1.82, 2.24) is 10.6 Å². The topological polar surface area (TPSA) is 84.0 Å². The number of methoxy groups -OCH3 is 1. The number of nitrogens with one attached hydrogen (secondary N) is 3. The molecule has 0 aliphatic rings. The maximum absolute atomic E-state index is 12.0. The van der Waals surface area contributed by atoms with Crippen LogP contribution < -0.4 is 25.4 Å². The van der Waals surface area contributed by atoms with Crippen molar-refractivity contribution < 1.29 is 14.3 Å². The van der Waals surface area contributed by atoms with E-state index in [-0.39, 0.29) is 36.0 Å². The van der Waals surface area contributed by atoms with Crippen LogP contribution in [0.4, 0.5) is 5.69 Å². The Kier molecular flexibility index (Phi) is 12.5. The van der Waals surface area contributed by atoms with E-state index in [1.807, 2.05) is 69.3 Å². The first-order chi connectivity index (χ1) is 14.9. The van der Waals surface area contributed by atoms with E-state index in [2.05, 4.69) is 20.9 Å². The van der Waals surface area contributed by atoms with Crippen LogP contribution in [0.5, 0.6) is 11.5 Å². The van der Waals surface area contributed by atoms with Gasteiger partial charge in [0.2, 0.25) is 5.91 Å². The van der Waals surface area contributed by atoms with Crippen LogP contribution in [0.3, 0.4) is 0 Å². The molecule has 0 fully saturated rings. The number of nitrogens with zero attached hydrogens (tertiary/aromatic N) is 1. The fraction of sp³-hybridized carbons (Fsp3) is 0.417. The molecule has 1 atom stereocenters. The third-order valence-corrected chi connectivity index (χ3v) is 4.44. The molecule has 32 heavy (non-hydrogen) atoms. The summed E-state index contributed by atoms with van der Waals surface area (Å²) in [6.07, 6.45) is 0.420. The molecule has 8 heteroatoms. The highest BCUT2D eigenvalue weighted by Crippen LogP contribution is 2.26. The molecule has 0 radical (unpaired) electrons. The van der Waals surface area contributed by atoms with Crippen LogP contribution >= 0.6 is 24.0 Å². The molecule has 2 rings (SSSR count). The second-order valence-corrected chi connectivity index (χ2v) is 7.73. The predicted molar refractivity (Wildman–Crippen MR) is 141 cm³/mol. The highest BCUT2D eigenvalue weighted by Gasteiger charge is 2.10. The van der Waals surface area contributed by atoms with Gasteiger partial charge in [0, 0.05) is 25.7 Å². The standard InChI is InChI=1S/C24H34N4O3.HI/c1-17(2)13-23(29)28-20-10-8-9-19(14-20)16-27-24(25-4)26-15-18(3)31-22-12-7-6-11-21(22)30-5;/h6-12,14,17-18H,13,15-16H2,1-5H3,(H,28,29)(H2,25,26,27);1H. The van der Waals surface area contributed by atoms with Crippen LogP contribution in [0, 0.1) is 5.92 Å². The minimum absolute atomic E-state index is 0. The quantitative estimate of drug-likeness (QED) is 0.230. The number of hydrogen-bond donors (Lipinski definition) is 3. The molecule has 0 saturated carbocycles. The molecule has 7 nitrogen and oxygen atoms in total. The summed E-state index contributed by atoms with van der Waals surface area (Å²) in [5.74, 6) is 2.44. The van der Waals surface area contributed by atoms with E-state index in [1.54, 1.807) is 14.2 Å². The summed E-state index contributed by atoms with van der Waals surface area (Å²) in [5.41, 5.74) is 1.84. The lowest BCUT2D eigenvalue weighted by Gasteiger charge is -2.19. The first-order valence-electron chi connectivity index (χ1n) is 10.5. The van der Waals surface area contributed by atoms with Gasteiger partial charge in [0.25, 0.3) is 0 Å². The maximum atomic E-state index is 12.0. The Balaban J connectivity index is 0.00000512. The molecule has 0 aromatic heterocycles. The number of para-hydroxylation sites is 2. The van der Waals surface area contributed by atoms with Crippen LogP contribution in [-0.4, -0.2) is 38.7 Å². The zero-order valence-corrected chi connectivity index (χ0v) is 21.8. The second kappa shape index (κ2) is 14.5. The molecule has 0 aliphatic carbocycles. The number of halogens is 1. The van der Waals surface area contributed by atoms with Gasteiger partial charge in [0.05, 0.1) is 13.7 Å². The van der Waals surface area contributed by atoms with E-state index >= 15 is 0 Å². The molecule has 0 heterocycles. The Morgan fingerprint density at radius 2 is 1.75 bits per heavy atom. The Labute approximate surface area is 208 Å². The summed E-state index contributed by atoms with van der Waals surface area (Å²) < 4.78 is 11.3. The number of carbonyl (C=O) groups excluding carboxylic acids is 1. The van der Waals surface area contributed by atoms with E-state index in [9.17, 15) is 4.79 Å². The summed E-state index contributed by atoms with van der Waals surface area (Å²) >= 11 is 0. The van der Waals surface area contributed by atoms with Gasteiger partial charge in [-0.25, -0.2) is 0 Å². The Morgan fingerprint density at radius 3 is 2.41 bits per heavy atom. The number of hydrogen-bond acceptors (Lipinski definition) is 4. The molecule has 0 aliphatic heterocycles. The molecule has 2 aromatic rings. The molecule has 0 spiro atoms. The predicted octanol–water partition coefficient (Wildman–Crippen LogP) is 4.43. The van der Waals surface area contributed by atoms with Crippen LogP contribution in [0.1, 0.15) is 32.8 Å². The number of aliphatic imine (C=N–C) groups is 1. The van der Waals surface area contributed by atoms with E-state index < -0.39 is 0 Å². The Bertz CT molecular complexity index is 874. The fourth-order valence-corrected chi connectivity index (χ4v) is 2.96. The molecular formula is C24H35IN4O3. The lowest BCUT2D eigenvalue weighted by molar-refractivity contribution is -0.116. The second-order valence-electron chi connectivity index (χ2n) is 7.73. The van der Waals surface area contributed by atoms with E-state index in [1.165, 1.54) is 0 Å².